The minimum absolute atomic E-state index is 0.610. The molecule has 0 saturated carbocycles. The van der Waals surface area contributed by atoms with E-state index < -0.39 is 0 Å². The summed E-state index contributed by atoms with van der Waals surface area (Å²) >= 11 is 0. The Morgan fingerprint density at radius 2 is 2.07 bits per heavy atom. The molecule has 1 aromatic carbocycles. The van der Waals surface area contributed by atoms with Gasteiger partial charge < -0.3 is 4.98 Å². The highest BCUT2D eigenvalue weighted by Crippen LogP contribution is 2.24. The van der Waals surface area contributed by atoms with Crippen LogP contribution in [0.25, 0.3) is 10.9 Å². The number of hydrogen-bond donors (Lipinski definition) is 1. The molecule has 0 atom stereocenters. The summed E-state index contributed by atoms with van der Waals surface area (Å²) in [6, 6.07) is 6.75. The van der Waals surface area contributed by atoms with E-state index in [1.165, 1.54) is 34.9 Å². The van der Waals surface area contributed by atoms with Crippen LogP contribution in [-0.4, -0.2) is 4.98 Å². The van der Waals surface area contributed by atoms with Crippen LogP contribution >= 0.6 is 0 Å². The Kier molecular flexibility index (Phi) is 2.81. The fourth-order valence-electron chi connectivity index (χ4n) is 2.03. The highest BCUT2D eigenvalue weighted by atomic mass is 14.7. The van der Waals surface area contributed by atoms with E-state index in [2.05, 4.69) is 50.2 Å². The molecular weight excluding hydrogens is 182 g/mol. The third kappa shape index (κ3) is 1.92. The topological polar surface area (TPSA) is 15.8 Å². The molecule has 2 rings (SSSR count). The molecule has 1 heteroatoms. The second-order valence-corrected chi connectivity index (χ2v) is 4.52. The summed E-state index contributed by atoms with van der Waals surface area (Å²) in [7, 11) is 0. The molecule has 80 valence electrons. The summed E-state index contributed by atoms with van der Waals surface area (Å²) in [4.78, 5) is 3.34. The van der Waals surface area contributed by atoms with Crippen LogP contribution in [0, 0.1) is 0 Å². The van der Waals surface area contributed by atoms with E-state index in [0.29, 0.717) is 5.92 Å². The highest BCUT2D eigenvalue weighted by Gasteiger charge is 2.05. The molecule has 0 aliphatic heterocycles. The van der Waals surface area contributed by atoms with Gasteiger partial charge in [-0.25, -0.2) is 0 Å². The van der Waals surface area contributed by atoms with Gasteiger partial charge in [-0.3, -0.25) is 0 Å². The maximum atomic E-state index is 3.34. The lowest BCUT2D eigenvalue weighted by molar-refractivity contribution is 0.868. The quantitative estimate of drug-likeness (QED) is 0.764. The van der Waals surface area contributed by atoms with Gasteiger partial charge >= 0.3 is 0 Å². The van der Waals surface area contributed by atoms with E-state index in [9.17, 15) is 0 Å². The van der Waals surface area contributed by atoms with Crippen molar-refractivity contribution in [2.45, 2.75) is 39.5 Å². The lowest BCUT2D eigenvalue weighted by Crippen LogP contribution is -1.87. The molecule has 0 fully saturated rings. The van der Waals surface area contributed by atoms with Crippen LogP contribution in [0.5, 0.6) is 0 Å². The average molecular weight is 201 g/mol. The van der Waals surface area contributed by atoms with Gasteiger partial charge in [0.1, 0.15) is 0 Å². The van der Waals surface area contributed by atoms with Crippen LogP contribution in [0.4, 0.5) is 0 Å². The second-order valence-electron chi connectivity index (χ2n) is 4.52. The lowest BCUT2D eigenvalue weighted by Gasteiger charge is -2.05. The summed E-state index contributed by atoms with van der Waals surface area (Å²) in [5.41, 5.74) is 4.15. The van der Waals surface area contributed by atoms with Crippen molar-refractivity contribution in [3.63, 3.8) is 0 Å². The van der Waals surface area contributed by atoms with E-state index in [-0.39, 0.29) is 0 Å². The summed E-state index contributed by atoms with van der Waals surface area (Å²) in [5.74, 6) is 0.610. The van der Waals surface area contributed by atoms with Crippen LogP contribution in [0.15, 0.2) is 24.4 Å². The van der Waals surface area contributed by atoms with Gasteiger partial charge in [0.05, 0.1) is 0 Å². The number of nitrogens with one attached hydrogen (secondary N) is 1. The standard InChI is InChI=1S/C14H19N/c1-4-5-12-9-15-14-7-6-11(10(2)3)8-13(12)14/h6-10,15H,4-5H2,1-3H3. The van der Waals surface area contributed by atoms with Gasteiger partial charge in [0, 0.05) is 17.1 Å². The third-order valence-corrected chi connectivity index (χ3v) is 2.98. The first-order valence-electron chi connectivity index (χ1n) is 5.82. The van der Waals surface area contributed by atoms with Crippen molar-refractivity contribution < 1.29 is 0 Å². The van der Waals surface area contributed by atoms with Crippen molar-refractivity contribution in [2.24, 2.45) is 0 Å². The predicted molar refractivity (Wildman–Crippen MR) is 66.4 cm³/mol. The molecule has 1 aromatic heterocycles. The summed E-state index contributed by atoms with van der Waals surface area (Å²) in [5, 5.41) is 1.41. The largest absolute Gasteiger partial charge is 0.361 e. The number of hydrogen-bond acceptors (Lipinski definition) is 0. The zero-order chi connectivity index (χ0) is 10.8. The van der Waals surface area contributed by atoms with Crippen molar-refractivity contribution >= 4 is 10.9 Å². The Labute approximate surface area is 91.5 Å². The van der Waals surface area contributed by atoms with Crippen molar-refractivity contribution in [3.8, 4) is 0 Å². The molecule has 0 bridgehead atoms. The minimum atomic E-state index is 0.610. The number of aromatic amines is 1. The first kappa shape index (κ1) is 10.3. The number of fused-ring (bicyclic) bond motifs is 1. The normalized spacial score (nSPS) is 11.5. The average Bonchev–Trinajstić information content (AvgIpc) is 2.61. The first-order chi connectivity index (χ1) is 7.22. The van der Waals surface area contributed by atoms with Crippen molar-refractivity contribution in [2.75, 3.05) is 0 Å². The van der Waals surface area contributed by atoms with Gasteiger partial charge in [-0.15, -0.1) is 0 Å². The first-order valence-corrected chi connectivity index (χ1v) is 5.82. The van der Waals surface area contributed by atoms with Crippen LogP contribution in [0.2, 0.25) is 0 Å². The fourth-order valence-corrected chi connectivity index (χ4v) is 2.03. The predicted octanol–water partition coefficient (Wildman–Crippen LogP) is 4.24. The molecule has 0 saturated heterocycles. The van der Waals surface area contributed by atoms with Crippen LogP contribution < -0.4 is 0 Å². The van der Waals surface area contributed by atoms with Gasteiger partial charge in [-0.1, -0.05) is 33.3 Å². The Balaban J connectivity index is 2.51. The monoisotopic (exact) mass is 201 g/mol. The van der Waals surface area contributed by atoms with Crippen molar-refractivity contribution in [1.29, 1.82) is 0 Å². The molecule has 1 heterocycles. The number of rotatable bonds is 3. The Bertz CT molecular complexity index is 451. The van der Waals surface area contributed by atoms with Crippen LogP contribution in [0.1, 0.15) is 44.2 Å². The van der Waals surface area contributed by atoms with Gasteiger partial charge in [0.25, 0.3) is 0 Å². The van der Waals surface area contributed by atoms with Crippen LogP contribution in [0.3, 0.4) is 0 Å². The molecule has 1 N–H and O–H groups in total. The fraction of sp³-hybridized carbons (Fsp3) is 0.429. The highest BCUT2D eigenvalue weighted by molar-refractivity contribution is 5.84. The molecule has 1 nitrogen and oxygen atoms in total. The van der Waals surface area contributed by atoms with E-state index in [1.807, 2.05) is 0 Å². The second kappa shape index (κ2) is 4.09. The summed E-state index contributed by atoms with van der Waals surface area (Å²) in [6.45, 7) is 6.71. The van der Waals surface area contributed by atoms with Gasteiger partial charge in [-0.05, 0) is 35.6 Å². The molecule has 0 radical (unpaired) electrons. The molecule has 15 heavy (non-hydrogen) atoms. The van der Waals surface area contributed by atoms with Crippen molar-refractivity contribution in [3.05, 3.63) is 35.5 Å². The van der Waals surface area contributed by atoms with Crippen molar-refractivity contribution in [1.82, 2.24) is 4.98 Å². The summed E-state index contributed by atoms with van der Waals surface area (Å²) in [6.07, 6.45) is 4.53. The summed E-state index contributed by atoms with van der Waals surface area (Å²) < 4.78 is 0. The van der Waals surface area contributed by atoms with Gasteiger partial charge in [0.2, 0.25) is 0 Å². The minimum Gasteiger partial charge on any atom is -0.361 e. The number of benzene rings is 1. The SMILES string of the molecule is CCCc1c[nH]c2ccc(C(C)C)cc12. The molecule has 2 aromatic rings. The number of aryl methyl sites for hydroxylation is 1. The van der Waals surface area contributed by atoms with E-state index in [1.54, 1.807) is 0 Å². The maximum Gasteiger partial charge on any atom is 0.0456 e. The lowest BCUT2D eigenvalue weighted by atomic mass is 9.99. The Morgan fingerprint density at radius 1 is 1.27 bits per heavy atom. The van der Waals surface area contributed by atoms with E-state index >= 15 is 0 Å². The van der Waals surface area contributed by atoms with E-state index in [4.69, 9.17) is 0 Å². The smallest absolute Gasteiger partial charge is 0.0456 e. The third-order valence-electron chi connectivity index (χ3n) is 2.98. The molecule has 0 amide bonds. The Hall–Kier alpha value is -1.24. The van der Waals surface area contributed by atoms with Crippen LogP contribution in [-0.2, 0) is 6.42 Å². The number of aromatic nitrogens is 1. The zero-order valence-corrected chi connectivity index (χ0v) is 9.80. The molecule has 0 spiro atoms. The van der Waals surface area contributed by atoms with Gasteiger partial charge in [-0.2, -0.15) is 0 Å². The molecule has 0 aliphatic carbocycles. The molecular formula is C14H19N. The maximum absolute atomic E-state index is 3.34. The molecule has 0 aliphatic rings. The zero-order valence-electron chi connectivity index (χ0n) is 9.80. The number of H-pyrrole nitrogens is 1. The Morgan fingerprint density at radius 3 is 2.73 bits per heavy atom. The van der Waals surface area contributed by atoms with E-state index in [0.717, 1.165) is 0 Å². The van der Waals surface area contributed by atoms with Gasteiger partial charge in [0.15, 0.2) is 0 Å². The molecule has 0 unspecified atom stereocenters.